The Kier molecular flexibility index (Phi) is 20.2. The number of aliphatic carboxylic acids is 1. The fourth-order valence-corrected chi connectivity index (χ4v) is 3.82. The van der Waals surface area contributed by atoms with Crippen molar-refractivity contribution in [1.82, 2.24) is 16.0 Å². The van der Waals surface area contributed by atoms with Crippen molar-refractivity contribution in [1.29, 1.82) is 0 Å². The van der Waals surface area contributed by atoms with Crippen LogP contribution in [0, 0.1) is 0 Å². The van der Waals surface area contributed by atoms with Gasteiger partial charge in [-0.3, -0.25) is 14.4 Å². The first-order valence-corrected chi connectivity index (χ1v) is 14.9. The van der Waals surface area contributed by atoms with E-state index < -0.39 is 12.0 Å². The smallest absolute Gasteiger partial charge is 0.326 e. The molecule has 0 aliphatic heterocycles. The van der Waals surface area contributed by atoms with E-state index in [1.54, 1.807) is 0 Å². The summed E-state index contributed by atoms with van der Waals surface area (Å²) in [5.41, 5.74) is 2.42. The van der Waals surface area contributed by atoms with Crippen molar-refractivity contribution in [3.05, 3.63) is 35.4 Å². The van der Waals surface area contributed by atoms with Crippen molar-refractivity contribution in [2.75, 3.05) is 65.9 Å². The summed E-state index contributed by atoms with van der Waals surface area (Å²) in [4.78, 5) is 57.7. The predicted octanol–water partition coefficient (Wildman–Crippen LogP) is 1.15. The standard InChI is InChI=1S/C31H49N3O10/c1-31(2,3)25-9-7-24(8-10-25)5-4-6-28(37)34-26(30(39)40)11-12-27(36)32-13-16-42-21-22-44-23-29(38)33-14-17-41-19-20-43-18-15-35/h7-10,15,26H,4-6,11-14,16-23H2,1-3H3,(H,32,36)(H,33,38)(H,34,37)(H,39,40)/t26-/m0/s1. The molecule has 13 nitrogen and oxygen atoms in total. The van der Waals surface area contributed by atoms with Crippen molar-refractivity contribution < 1.29 is 48.0 Å². The SMILES string of the molecule is CC(C)(C)c1ccc(CCCC(=O)N[C@@H](CCC(=O)NCCOCCOCC(=O)NCCOCCOCC=O)C(=O)O)cc1. The number of rotatable bonds is 25. The molecular formula is C31H49N3O10. The van der Waals surface area contributed by atoms with Gasteiger partial charge >= 0.3 is 5.97 Å². The largest absolute Gasteiger partial charge is 0.480 e. The average Bonchev–Trinajstić information content (AvgIpc) is 2.97. The van der Waals surface area contributed by atoms with Crippen LogP contribution in [-0.2, 0) is 54.8 Å². The summed E-state index contributed by atoms with van der Waals surface area (Å²) >= 11 is 0. The number of hydrogen-bond acceptors (Lipinski definition) is 9. The van der Waals surface area contributed by atoms with Crippen molar-refractivity contribution in [3.8, 4) is 0 Å². The zero-order valence-corrected chi connectivity index (χ0v) is 26.2. The zero-order valence-electron chi connectivity index (χ0n) is 26.2. The summed E-state index contributed by atoms with van der Waals surface area (Å²) in [5, 5.41) is 17.2. The fraction of sp³-hybridized carbons (Fsp3) is 0.645. The quantitative estimate of drug-likeness (QED) is 0.0912. The van der Waals surface area contributed by atoms with Crippen LogP contribution < -0.4 is 16.0 Å². The maximum Gasteiger partial charge on any atom is 0.326 e. The van der Waals surface area contributed by atoms with Crippen LogP contribution in [0.25, 0.3) is 0 Å². The van der Waals surface area contributed by atoms with Gasteiger partial charge in [0.05, 0.1) is 39.6 Å². The molecule has 0 saturated heterocycles. The molecule has 1 aromatic rings. The van der Waals surface area contributed by atoms with Crippen LogP contribution in [0.3, 0.4) is 0 Å². The molecule has 0 saturated carbocycles. The predicted molar refractivity (Wildman–Crippen MR) is 162 cm³/mol. The summed E-state index contributed by atoms with van der Waals surface area (Å²) in [5.74, 6) is -2.19. The van der Waals surface area contributed by atoms with Crippen LogP contribution in [0.1, 0.15) is 57.6 Å². The summed E-state index contributed by atoms with van der Waals surface area (Å²) in [6.07, 6.45) is 2.06. The lowest BCUT2D eigenvalue weighted by Crippen LogP contribution is -2.41. The summed E-state index contributed by atoms with van der Waals surface area (Å²) < 4.78 is 20.7. The fourth-order valence-electron chi connectivity index (χ4n) is 3.82. The number of carbonyl (C=O) groups is 5. The highest BCUT2D eigenvalue weighted by Gasteiger charge is 2.21. The van der Waals surface area contributed by atoms with Gasteiger partial charge in [0.15, 0.2) is 0 Å². The second-order valence-electron chi connectivity index (χ2n) is 11.0. The Bertz CT molecular complexity index is 995. The first-order chi connectivity index (χ1) is 21.0. The van der Waals surface area contributed by atoms with Crippen LogP contribution >= 0.6 is 0 Å². The molecule has 0 bridgehead atoms. The number of aryl methyl sites for hydroxylation is 1. The van der Waals surface area contributed by atoms with E-state index in [4.69, 9.17) is 18.9 Å². The van der Waals surface area contributed by atoms with Gasteiger partial charge in [0.1, 0.15) is 25.5 Å². The van der Waals surface area contributed by atoms with E-state index in [9.17, 15) is 29.1 Å². The van der Waals surface area contributed by atoms with E-state index >= 15 is 0 Å². The first kappa shape index (κ1) is 38.6. The Morgan fingerprint density at radius 2 is 1.39 bits per heavy atom. The highest BCUT2D eigenvalue weighted by Crippen LogP contribution is 2.22. The third-order valence-corrected chi connectivity index (χ3v) is 6.28. The number of carboxylic acids is 1. The number of hydrogen-bond donors (Lipinski definition) is 4. The van der Waals surface area contributed by atoms with Gasteiger partial charge in [0.2, 0.25) is 17.7 Å². The second kappa shape index (κ2) is 23.1. The van der Waals surface area contributed by atoms with Gasteiger partial charge in [0, 0.05) is 25.9 Å². The second-order valence-corrected chi connectivity index (χ2v) is 11.0. The minimum atomic E-state index is -1.19. The number of amides is 3. The molecule has 0 unspecified atom stereocenters. The molecule has 3 amide bonds. The van der Waals surface area contributed by atoms with E-state index in [-0.39, 0.29) is 82.0 Å². The topological polar surface area (TPSA) is 179 Å². The van der Waals surface area contributed by atoms with Gasteiger partial charge in [-0.25, -0.2) is 4.79 Å². The molecule has 0 aliphatic carbocycles. The van der Waals surface area contributed by atoms with Gasteiger partial charge in [0.25, 0.3) is 0 Å². The lowest BCUT2D eigenvalue weighted by Gasteiger charge is -2.19. The van der Waals surface area contributed by atoms with E-state index in [0.717, 1.165) is 5.56 Å². The lowest BCUT2D eigenvalue weighted by atomic mass is 9.86. The lowest BCUT2D eigenvalue weighted by molar-refractivity contribution is -0.142. The monoisotopic (exact) mass is 623 g/mol. The minimum Gasteiger partial charge on any atom is -0.480 e. The number of carboxylic acid groups (broad SMARTS) is 1. The van der Waals surface area contributed by atoms with Crippen molar-refractivity contribution in [3.63, 3.8) is 0 Å². The number of ether oxygens (including phenoxy) is 4. The Hall–Kier alpha value is -3.39. The maximum atomic E-state index is 12.3. The zero-order chi connectivity index (χ0) is 32.6. The molecule has 13 heteroatoms. The Labute approximate surface area is 259 Å². The Balaban J connectivity index is 2.08. The number of benzene rings is 1. The van der Waals surface area contributed by atoms with E-state index in [1.165, 1.54) is 5.56 Å². The summed E-state index contributed by atoms with van der Waals surface area (Å²) in [6.45, 7) is 8.46. The van der Waals surface area contributed by atoms with Crippen LogP contribution in [0.5, 0.6) is 0 Å². The van der Waals surface area contributed by atoms with Gasteiger partial charge in [-0.05, 0) is 35.8 Å². The number of nitrogens with one attached hydrogen (secondary N) is 3. The normalized spacial score (nSPS) is 11.9. The van der Waals surface area contributed by atoms with E-state index in [1.807, 2.05) is 0 Å². The first-order valence-electron chi connectivity index (χ1n) is 14.9. The molecule has 0 aromatic heterocycles. The number of aldehydes is 1. The molecule has 0 spiro atoms. The molecule has 1 rings (SSSR count). The average molecular weight is 624 g/mol. The molecular weight excluding hydrogens is 574 g/mol. The summed E-state index contributed by atoms with van der Waals surface area (Å²) in [7, 11) is 0. The van der Waals surface area contributed by atoms with Crippen LogP contribution in [-0.4, -0.2) is 107 Å². The van der Waals surface area contributed by atoms with Crippen LogP contribution in [0.15, 0.2) is 24.3 Å². The van der Waals surface area contributed by atoms with Crippen molar-refractivity contribution in [2.45, 2.75) is 64.3 Å². The van der Waals surface area contributed by atoms with E-state index in [0.29, 0.717) is 45.5 Å². The minimum absolute atomic E-state index is 0.0279. The Morgan fingerprint density at radius 3 is 1.98 bits per heavy atom. The highest BCUT2D eigenvalue weighted by atomic mass is 16.5. The van der Waals surface area contributed by atoms with Gasteiger partial charge in [-0.2, -0.15) is 0 Å². The third kappa shape index (κ3) is 19.7. The molecule has 0 radical (unpaired) electrons. The highest BCUT2D eigenvalue weighted by molar-refractivity contribution is 5.84. The van der Waals surface area contributed by atoms with Crippen LogP contribution in [0.2, 0.25) is 0 Å². The number of carbonyl (C=O) groups excluding carboxylic acids is 4. The third-order valence-electron chi connectivity index (χ3n) is 6.28. The molecule has 0 fully saturated rings. The van der Waals surface area contributed by atoms with Crippen molar-refractivity contribution >= 4 is 30.0 Å². The summed E-state index contributed by atoms with van der Waals surface area (Å²) in [6, 6.07) is 7.14. The van der Waals surface area contributed by atoms with Gasteiger partial charge < -0.3 is 44.8 Å². The Morgan fingerprint density at radius 1 is 0.795 bits per heavy atom. The van der Waals surface area contributed by atoms with Crippen LogP contribution in [0.4, 0.5) is 0 Å². The molecule has 248 valence electrons. The maximum absolute atomic E-state index is 12.3. The molecule has 44 heavy (non-hydrogen) atoms. The van der Waals surface area contributed by atoms with E-state index in [2.05, 4.69) is 61.0 Å². The molecule has 0 aliphatic rings. The van der Waals surface area contributed by atoms with Crippen molar-refractivity contribution in [2.24, 2.45) is 0 Å². The molecule has 1 atom stereocenters. The van der Waals surface area contributed by atoms with Gasteiger partial charge in [-0.1, -0.05) is 45.0 Å². The molecule has 4 N–H and O–H groups in total. The molecule has 0 heterocycles. The molecule has 1 aromatic carbocycles. The van der Waals surface area contributed by atoms with Gasteiger partial charge in [-0.15, -0.1) is 0 Å².